The van der Waals surface area contributed by atoms with Crippen LogP contribution in [0.25, 0.3) is 286 Å². The highest BCUT2D eigenvalue weighted by Gasteiger charge is 2.26. The lowest BCUT2D eigenvalue weighted by atomic mass is 9.87. The fraction of sp³-hybridized carbons (Fsp3) is 0. The number of para-hydroxylation sites is 9. The van der Waals surface area contributed by atoms with E-state index in [1.165, 1.54) is 229 Å². The first-order valence-corrected chi connectivity index (χ1v) is 49.4. The van der Waals surface area contributed by atoms with Gasteiger partial charge in [-0.05, 0) is 286 Å². The lowest BCUT2D eigenvalue weighted by Gasteiger charge is -2.17. The Morgan fingerprint density at radius 1 is 0.146 bits per heavy atom. The summed E-state index contributed by atoms with van der Waals surface area (Å²) in [4.78, 5) is 14.4. The molecule has 0 fully saturated rings. The predicted molar refractivity (Wildman–Crippen MR) is 607 cm³/mol. The van der Waals surface area contributed by atoms with Crippen molar-refractivity contribution in [1.82, 2.24) is 33.2 Å². The van der Waals surface area contributed by atoms with E-state index in [9.17, 15) is 0 Å². The van der Waals surface area contributed by atoms with Gasteiger partial charge in [-0.3, -0.25) is 14.5 Å². The molecule has 668 valence electrons. The van der Waals surface area contributed by atoms with E-state index in [1.54, 1.807) is 0 Å². The number of pyridine rings is 2. The molecule has 7 heteroatoms. The molecular formula is C137H85N7. The normalized spacial score (nSPS) is 11.9. The van der Waals surface area contributed by atoms with Gasteiger partial charge in [0.2, 0.25) is 0 Å². The maximum atomic E-state index is 5.24. The summed E-state index contributed by atoms with van der Waals surface area (Å²) in [5, 5.41) is 30.7. The maximum absolute atomic E-state index is 5.24. The lowest BCUT2D eigenvalue weighted by Crippen LogP contribution is -1.98. The molecule has 31 aromatic rings. The number of hydrogen-bond acceptors (Lipinski definition) is 3. The second kappa shape index (κ2) is 33.3. The topological polar surface area (TPSA) is 58.4 Å². The van der Waals surface area contributed by atoms with Gasteiger partial charge in [0.05, 0.1) is 55.5 Å². The van der Waals surface area contributed by atoms with Crippen LogP contribution in [0.15, 0.2) is 516 Å². The monoisotopic (exact) mass is 1830 g/mol. The van der Waals surface area contributed by atoms with Gasteiger partial charge in [-0.1, -0.05) is 370 Å². The number of fused-ring (bicyclic) bond motifs is 10. The SMILES string of the molecule is c1ccc(-c2ccc(-c3ccc4ccc5c(-c6ccc(-n7c8ccccc8c8ccccc87)cc6)ccc6ccc3c4c65)cc2)nc1.c1ccc(-c2cccc(-c3ccc4ccc5c(-c6cccc(-n7c8ccccc8c8ccccc87)c6)ccc6ccc3c4c65)c2)nc1.c1ccc(-n2c(-c3ccc4ccc5c(-c6cccc(-n7c8ccccc8c8ccccc87)c6)ccc6ccc3c4c65)nc3ccccc32)cc1. The Labute approximate surface area is 828 Å². The van der Waals surface area contributed by atoms with Crippen LogP contribution in [0.4, 0.5) is 0 Å². The number of imidazole rings is 1. The van der Waals surface area contributed by atoms with E-state index in [0.29, 0.717) is 0 Å². The highest BCUT2D eigenvalue weighted by Crippen LogP contribution is 2.50. The quantitative estimate of drug-likeness (QED) is 0.115. The Morgan fingerprint density at radius 2 is 0.417 bits per heavy atom. The minimum atomic E-state index is 0.953. The molecule has 25 aromatic carbocycles. The molecular weight excluding hydrogens is 1740 g/mol. The molecule has 7 nitrogen and oxygen atoms in total. The largest absolute Gasteiger partial charge is 0.309 e. The molecule has 0 aliphatic carbocycles. The molecule has 0 spiro atoms. The van der Waals surface area contributed by atoms with Crippen molar-refractivity contribution in [3.8, 4) is 112 Å². The molecule has 6 heterocycles. The standard InChI is InChI=1S/C47H29N3.2C45H28N2/c1-2-12-33(13-3-1)50-44-20-9-6-17-41(44)48-47(50)40-28-24-31-22-26-38-35(25-21-30-23-27-39(40)46(31)45(30)38)32-11-10-14-34(29-32)49-42-18-7-4-15-36(42)37-16-5-8-19-43(37)49;1-3-16-42-37(13-1)38-14-2-4-17-43(38)47(42)34-12-8-10-32(28-34)36-23-19-30-20-24-39-35(22-18-29-21-25-40(36)45(30)44(29)39)31-9-7-11-33(27-31)41-15-5-6-26-46-41;1-3-10-42-37(7-1)38-8-2-4-11-43(38)47(42)34-22-16-30(17-23-34)36-25-19-33-20-26-39-35(24-18-32-21-27-40(36)45(33)44(32)39)29-12-14-31(15-13-29)41-9-5-6-28-46-41/h1-29H;2*1-28H. The summed E-state index contributed by atoms with van der Waals surface area (Å²) < 4.78 is 9.47. The second-order valence-electron chi connectivity index (χ2n) is 37.9. The number of hydrogen-bond donors (Lipinski definition) is 0. The summed E-state index contributed by atoms with van der Waals surface area (Å²) in [6.45, 7) is 0. The molecule has 0 bridgehead atoms. The number of aromatic nitrogens is 7. The molecule has 0 amide bonds. The van der Waals surface area contributed by atoms with Crippen LogP contribution >= 0.6 is 0 Å². The molecule has 0 N–H and O–H groups in total. The van der Waals surface area contributed by atoms with Crippen molar-refractivity contribution >= 4 is 173 Å². The zero-order valence-electron chi connectivity index (χ0n) is 78.2. The van der Waals surface area contributed by atoms with Crippen LogP contribution in [-0.2, 0) is 0 Å². The molecule has 0 saturated heterocycles. The van der Waals surface area contributed by atoms with E-state index in [0.717, 1.165) is 56.3 Å². The van der Waals surface area contributed by atoms with E-state index in [4.69, 9.17) is 4.98 Å². The molecule has 0 atom stereocenters. The molecule has 0 radical (unpaired) electrons. The minimum Gasteiger partial charge on any atom is -0.309 e. The van der Waals surface area contributed by atoms with E-state index >= 15 is 0 Å². The Kier molecular flexibility index (Phi) is 18.9. The third-order valence-electron chi connectivity index (χ3n) is 30.1. The van der Waals surface area contributed by atoms with Crippen molar-refractivity contribution in [2.75, 3.05) is 0 Å². The maximum Gasteiger partial charge on any atom is 0.146 e. The molecule has 0 aliphatic heterocycles. The second-order valence-corrected chi connectivity index (χ2v) is 37.9. The van der Waals surface area contributed by atoms with Gasteiger partial charge in [-0.15, -0.1) is 0 Å². The van der Waals surface area contributed by atoms with Crippen molar-refractivity contribution in [2.45, 2.75) is 0 Å². The zero-order valence-corrected chi connectivity index (χ0v) is 78.2. The molecule has 0 aliphatic rings. The first-order chi connectivity index (χ1) is 71.4. The molecule has 0 saturated carbocycles. The Bertz CT molecular complexity index is 10400. The Balaban J connectivity index is 0.000000103. The van der Waals surface area contributed by atoms with Crippen molar-refractivity contribution in [1.29, 1.82) is 0 Å². The van der Waals surface area contributed by atoms with Gasteiger partial charge < -0.3 is 13.7 Å². The van der Waals surface area contributed by atoms with Crippen molar-refractivity contribution in [2.24, 2.45) is 0 Å². The first kappa shape index (κ1) is 81.9. The zero-order chi connectivity index (χ0) is 94.6. The van der Waals surface area contributed by atoms with Crippen LogP contribution in [0.3, 0.4) is 0 Å². The van der Waals surface area contributed by atoms with Gasteiger partial charge in [0.25, 0.3) is 0 Å². The van der Waals surface area contributed by atoms with Crippen LogP contribution < -0.4 is 0 Å². The summed E-state index contributed by atoms with van der Waals surface area (Å²) in [5.41, 5.74) is 31.7. The van der Waals surface area contributed by atoms with Crippen LogP contribution in [0, 0.1) is 0 Å². The van der Waals surface area contributed by atoms with Gasteiger partial charge >= 0.3 is 0 Å². The predicted octanol–water partition coefficient (Wildman–Crippen LogP) is 36.5. The fourth-order valence-electron chi connectivity index (χ4n) is 23.7. The molecule has 0 unspecified atom stereocenters. The highest BCUT2D eigenvalue weighted by atomic mass is 15.1. The third kappa shape index (κ3) is 13.2. The third-order valence-corrected chi connectivity index (χ3v) is 30.1. The van der Waals surface area contributed by atoms with Crippen LogP contribution in [0.1, 0.15) is 0 Å². The van der Waals surface area contributed by atoms with E-state index in [-0.39, 0.29) is 0 Å². The van der Waals surface area contributed by atoms with Crippen LogP contribution in [-0.4, -0.2) is 33.2 Å². The first-order valence-electron chi connectivity index (χ1n) is 49.4. The van der Waals surface area contributed by atoms with Crippen molar-refractivity contribution in [3.63, 3.8) is 0 Å². The van der Waals surface area contributed by atoms with Crippen molar-refractivity contribution < 1.29 is 0 Å². The van der Waals surface area contributed by atoms with Gasteiger partial charge in [-0.2, -0.15) is 0 Å². The summed E-state index contributed by atoms with van der Waals surface area (Å²) >= 11 is 0. The van der Waals surface area contributed by atoms with Gasteiger partial charge in [0, 0.05) is 84.2 Å². The summed E-state index contributed by atoms with van der Waals surface area (Å²) in [5.74, 6) is 0.953. The van der Waals surface area contributed by atoms with Gasteiger partial charge in [-0.25, -0.2) is 4.98 Å². The number of benzene rings is 25. The summed E-state index contributed by atoms with van der Waals surface area (Å²) in [6.07, 6.45) is 3.70. The van der Waals surface area contributed by atoms with E-state index in [2.05, 4.69) is 507 Å². The Morgan fingerprint density at radius 3 is 0.799 bits per heavy atom. The van der Waals surface area contributed by atoms with Crippen molar-refractivity contribution in [3.05, 3.63) is 516 Å². The van der Waals surface area contributed by atoms with Crippen LogP contribution in [0.2, 0.25) is 0 Å². The number of nitrogens with zero attached hydrogens (tertiary/aromatic N) is 7. The van der Waals surface area contributed by atoms with Crippen LogP contribution in [0.5, 0.6) is 0 Å². The smallest absolute Gasteiger partial charge is 0.146 e. The Hall–Kier alpha value is -19.2. The molecule has 6 aromatic heterocycles. The number of rotatable bonds is 12. The fourth-order valence-corrected chi connectivity index (χ4v) is 23.7. The highest BCUT2D eigenvalue weighted by molar-refractivity contribution is 6.31. The van der Waals surface area contributed by atoms with Gasteiger partial charge in [0.1, 0.15) is 5.82 Å². The van der Waals surface area contributed by atoms with E-state index < -0.39 is 0 Å². The summed E-state index contributed by atoms with van der Waals surface area (Å²) in [6, 6.07) is 183. The molecule has 31 rings (SSSR count). The summed E-state index contributed by atoms with van der Waals surface area (Å²) in [7, 11) is 0. The average Bonchev–Trinajstić information content (AvgIpc) is 0.914. The van der Waals surface area contributed by atoms with E-state index in [1.807, 2.05) is 36.7 Å². The average molecular weight is 1830 g/mol. The van der Waals surface area contributed by atoms with Gasteiger partial charge in [0.15, 0.2) is 0 Å². The minimum absolute atomic E-state index is 0.953. The lowest BCUT2D eigenvalue weighted by molar-refractivity contribution is 1.11. The molecule has 144 heavy (non-hydrogen) atoms.